The van der Waals surface area contributed by atoms with Gasteiger partial charge in [0.2, 0.25) is 5.95 Å². The highest BCUT2D eigenvalue weighted by Gasteiger charge is 2.37. The Balaban J connectivity index is 1.79. The Bertz CT molecular complexity index is 1200. The van der Waals surface area contributed by atoms with E-state index >= 15 is 0 Å². The van der Waals surface area contributed by atoms with Crippen LogP contribution >= 0.6 is 7.14 Å². The van der Waals surface area contributed by atoms with E-state index in [1.807, 2.05) is 14.1 Å². The highest BCUT2D eigenvalue weighted by Crippen LogP contribution is 2.42. The number of benzene rings is 1. The van der Waals surface area contributed by atoms with Crippen LogP contribution in [0.5, 0.6) is 0 Å². The van der Waals surface area contributed by atoms with E-state index in [1.54, 1.807) is 31.5 Å². The maximum absolute atomic E-state index is 13.9. The molecule has 0 saturated heterocycles. The Labute approximate surface area is 191 Å². The summed E-state index contributed by atoms with van der Waals surface area (Å²) < 4.78 is 54.4. The summed E-state index contributed by atoms with van der Waals surface area (Å²) in [6, 6.07) is 5.29. The molecular weight excluding hydrogens is 450 g/mol. The third-order valence-electron chi connectivity index (χ3n) is 6.20. The van der Waals surface area contributed by atoms with Crippen LogP contribution in [0.4, 0.5) is 19.1 Å². The number of hydrogen-bond donors (Lipinski definition) is 2. The van der Waals surface area contributed by atoms with Gasteiger partial charge in [0.15, 0.2) is 0 Å². The maximum atomic E-state index is 13.9. The van der Waals surface area contributed by atoms with Crippen molar-refractivity contribution in [2.24, 2.45) is 5.92 Å². The number of rotatable bonds is 6. The zero-order valence-electron chi connectivity index (χ0n) is 19.2. The van der Waals surface area contributed by atoms with Crippen LogP contribution in [-0.2, 0) is 10.7 Å². The first-order valence-electron chi connectivity index (χ1n) is 11.0. The van der Waals surface area contributed by atoms with Gasteiger partial charge in [0, 0.05) is 41.2 Å². The standard InChI is InChI=1S/C23H29F3N5OP/c1-31(2)13-14-7-5-9-18(14)29-22-28-12-17(23(24,25)26)20(30-22)16-11-27-21-15(16)8-6-10-19(21)33(3,4)32/h6,8,10-12,14,18,27H,5,7,9,13H2,1-4H3,(H,28,29,30)/t14?,18-/m0/s1. The predicted molar refractivity (Wildman–Crippen MR) is 127 cm³/mol. The lowest BCUT2D eigenvalue weighted by Gasteiger charge is -2.24. The van der Waals surface area contributed by atoms with Crippen LogP contribution in [0, 0.1) is 5.92 Å². The fourth-order valence-corrected chi connectivity index (χ4v) is 5.90. The monoisotopic (exact) mass is 479 g/mol. The topological polar surface area (TPSA) is 73.9 Å². The number of anilines is 1. The van der Waals surface area contributed by atoms with Gasteiger partial charge in [-0.25, -0.2) is 9.97 Å². The molecule has 1 aromatic carbocycles. The Morgan fingerprint density at radius 3 is 2.67 bits per heavy atom. The Morgan fingerprint density at radius 2 is 2.00 bits per heavy atom. The lowest BCUT2D eigenvalue weighted by molar-refractivity contribution is -0.137. The number of nitrogens with one attached hydrogen (secondary N) is 2. The zero-order valence-corrected chi connectivity index (χ0v) is 20.1. The maximum Gasteiger partial charge on any atom is 0.419 e. The number of para-hydroxylation sites is 1. The van der Waals surface area contributed by atoms with Crippen LogP contribution in [0.3, 0.4) is 0 Å². The van der Waals surface area contributed by atoms with Gasteiger partial charge in [0.1, 0.15) is 12.7 Å². The minimum atomic E-state index is -4.61. The van der Waals surface area contributed by atoms with Crippen LogP contribution < -0.4 is 10.6 Å². The summed E-state index contributed by atoms with van der Waals surface area (Å²) >= 11 is 0. The molecule has 0 spiro atoms. The molecule has 6 nitrogen and oxygen atoms in total. The summed E-state index contributed by atoms with van der Waals surface area (Å²) in [5, 5.41) is 4.45. The Hall–Kier alpha value is -2.38. The lowest BCUT2D eigenvalue weighted by Crippen LogP contribution is -2.32. The molecule has 0 aliphatic heterocycles. The van der Waals surface area contributed by atoms with Crippen molar-refractivity contribution in [1.82, 2.24) is 19.9 Å². The highest BCUT2D eigenvalue weighted by atomic mass is 31.2. The van der Waals surface area contributed by atoms with E-state index in [1.165, 1.54) is 6.20 Å². The molecule has 0 radical (unpaired) electrons. The molecule has 0 bridgehead atoms. The third-order valence-corrected chi connectivity index (χ3v) is 7.73. The van der Waals surface area contributed by atoms with Gasteiger partial charge in [0.05, 0.1) is 11.2 Å². The fraction of sp³-hybridized carbons (Fsp3) is 0.478. The molecule has 2 atom stereocenters. The quantitative estimate of drug-likeness (QED) is 0.485. The van der Waals surface area contributed by atoms with Crippen molar-refractivity contribution in [3.63, 3.8) is 0 Å². The number of alkyl halides is 3. The molecule has 10 heteroatoms. The van der Waals surface area contributed by atoms with Gasteiger partial charge >= 0.3 is 6.18 Å². The molecule has 33 heavy (non-hydrogen) atoms. The second-order valence-electron chi connectivity index (χ2n) is 9.41. The molecule has 3 aromatic rings. The average molecular weight is 479 g/mol. The van der Waals surface area contributed by atoms with Crippen LogP contribution in [0.15, 0.2) is 30.6 Å². The van der Waals surface area contributed by atoms with E-state index in [9.17, 15) is 17.7 Å². The molecule has 1 unspecified atom stereocenters. The molecular formula is C23H29F3N5OP. The molecule has 4 rings (SSSR count). The largest absolute Gasteiger partial charge is 0.419 e. The minimum absolute atomic E-state index is 0.109. The lowest BCUT2D eigenvalue weighted by atomic mass is 10.0. The second-order valence-corrected chi connectivity index (χ2v) is 12.6. The number of hydrogen-bond acceptors (Lipinski definition) is 5. The predicted octanol–water partition coefficient (Wildman–Crippen LogP) is 5.03. The summed E-state index contributed by atoms with van der Waals surface area (Å²) in [6.07, 6.45) is 0.798. The van der Waals surface area contributed by atoms with Crippen LogP contribution in [0.2, 0.25) is 0 Å². The number of aromatic amines is 1. The summed E-state index contributed by atoms with van der Waals surface area (Å²) in [5.41, 5.74) is -0.197. The van der Waals surface area contributed by atoms with Crippen LogP contribution in [0.25, 0.3) is 22.2 Å². The van der Waals surface area contributed by atoms with E-state index in [4.69, 9.17) is 0 Å². The molecule has 1 saturated carbocycles. The number of aromatic nitrogens is 3. The van der Waals surface area contributed by atoms with Gasteiger partial charge in [-0.15, -0.1) is 0 Å². The molecule has 178 valence electrons. The molecule has 2 heterocycles. The highest BCUT2D eigenvalue weighted by molar-refractivity contribution is 7.70. The van der Waals surface area contributed by atoms with E-state index in [-0.39, 0.29) is 17.7 Å². The van der Waals surface area contributed by atoms with Gasteiger partial charge in [-0.2, -0.15) is 13.2 Å². The van der Waals surface area contributed by atoms with E-state index in [0.29, 0.717) is 27.7 Å². The van der Waals surface area contributed by atoms with E-state index in [0.717, 1.165) is 32.0 Å². The summed E-state index contributed by atoms with van der Waals surface area (Å²) in [7, 11) is 1.39. The van der Waals surface area contributed by atoms with Crippen LogP contribution in [-0.4, -0.2) is 59.9 Å². The second kappa shape index (κ2) is 8.76. The van der Waals surface area contributed by atoms with Crippen LogP contribution in [0.1, 0.15) is 24.8 Å². The van der Waals surface area contributed by atoms with Gasteiger partial charge in [-0.05, 0) is 52.3 Å². The van der Waals surface area contributed by atoms with Crippen molar-refractivity contribution in [2.75, 3.05) is 39.3 Å². The Morgan fingerprint density at radius 1 is 1.24 bits per heavy atom. The molecule has 2 N–H and O–H groups in total. The number of H-pyrrole nitrogens is 1. The van der Waals surface area contributed by atoms with Gasteiger partial charge in [-0.1, -0.05) is 18.6 Å². The molecule has 2 aromatic heterocycles. The molecule has 0 amide bonds. The van der Waals surface area contributed by atoms with Gasteiger partial charge in [0.25, 0.3) is 0 Å². The third kappa shape index (κ3) is 4.94. The first kappa shape index (κ1) is 23.8. The smallest absolute Gasteiger partial charge is 0.360 e. The number of halogens is 3. The van der Waals surface area contributed by atoms with Gasteiger partial charge in [-0.3, -0.25) is 0 Å². The minimum Gasteiger partial charge on any atom is -0.360 e. The number of fused-ring (bicyclic) bond motifs is 1. The Kier molecular flexibility index (Phi) is 6.31. The van der Waals surface area contributed by atoms with Crippen molar-refractivity contribution in [3.8, 4) is 11.3 Å². The van der Waals surface area contributed by atoms with Crippen molar-refractivity contribution in [2.45, 2.75) is 31.5 Å². The van der Waals surface area contributed by atoms with Crippen molar-refractivity contribution in [3.05, 3.63) is 36.2 Å². The molecule has 1 aliphatic carbocycles. The average Bonchev–Trinajstić information content (AvgIpc) is 3.32. The summed E-state index contributed by atoms with van der Waals surface area (Å²) in [5.74, 6) is 0.573. The summed E-state index contributed by atoms with van der Waals surface area (Å²) in [6.45, 7) is 4.17. The van der Waals surface area contributed by atoms with Crippen molar-refractivity contribution < 1.29 is 17.7 Å². The molecule has 1 aliphatic rings. The molecule has 1 fully saturated rings. The van der Waals surface area contributed by atoms with Gasteiger partial charge < -0.3 is 19.8 Å². The fourth-order valence-electron chi connectivity index (χ4n) is 4.73. The van der Waals surface area contributed by atoms with E-state index < -0.39 is 18.9 Å². The number of nitrogens with zero attached hydrogens (tertiary/aromatic N) is 3. The first-order chi connectivity index (χ1) is 15.4. The zero-order chi connectivity index (χ0) is 24.0. The normalized spacial score (nSPS) is 19.5. The first-order valence-corrected chi connectivity index (χ1v) is 13.6. The van der Waals surface area contributed by atoms with Crippen molar-refractivity contribution in [1.29, 1.82) is 0 Å². The SMILES string of the molecule is CN(C)CC1CCC[C@@H]1Nc1ncc(C(F)(F)F)c(-c2c[nH]c3c(P(C)(C)=O)cccc23)n1. The van der Waals surface area contributed by atoms with Crippen molar-refractivity contribution >= 4 is 29.3 Å². The van der Waals surface area contributed by atoms with E-state index in [2.05, 4.69) is 25.2 Å². The summed E-state index contributed by atoms with van der Waals surface area (Å²) in [4.78, 5) is 13.5.